The zero-order chi connectivity index (χ0) is 26.9. The Morgan fingerprint density at radius 3 is 2.53 bits per heavy atom. The van der Waals surface area contributed by atoms with Crippen LogP contribution in [-0.4, -0.2) is 12.3 Å². The first-order valence-corrected chi connectivity index (χ1v) is 15.8. The topological polar surface area (TPSA) is 35.5 Å². The molecule has 0 saturated heterocycles. The third-order valence-corrected chi connectivity index (χ3v) is 11.7. The Labute approximate surface area is 232 Å². The number of benzene rings is 1. The molecule has 0 spiro atoms. The molecule has 0 N–H and O–H groups in total. The van der Waals surface area contributed by atoms with E-state index in [4.69, 9.17) is 9.47 Å². The molecule has 0 aromatic heterocycles. The number of carbonyl (C=O) groups is 1. The molecule has 0 aliphatic heterocycles. The number of rotatable bonds is 8. The summed E-state index contributed by atoms with van der Waals surface area (Å²) in [4.78, 5) is 12.4. The van der Waals surface area contributed by atoms with E-state index in [0.717, 1.165) is 60.3 Å². The maximum Gasteiger partial charge on any atom is 0.508 e. The third-order valence-electron chi connectivity index (χ3n) is 11.7. The quantitative estimate of drug-likeness (QED) is 0.253. The number of fused-ring (bicyclic) bond motifs is 5. The summed E-state index contributed by atoms with van der Waals surface area (Å²) in [5, 5.41) is 0. The van der Waals surface area contributed by atoms with Crippen molar-refractivity contribution in [3.05, 3.63) is 47.5 Å². The van der Waals surface area contributed by atoms with Crippen LogP contribution in [0.4, 0.5) is 4.79 Å². The maximum atomic E-state index is 12.4. The molecular weight excluding hydrogens is 468 g/mol. The van der Waals surface area contributed by atoms with Crippen LogP contribution in [0.2, 0.25) is 0 Å². The average Bonchev–Trinajstić information content (AvgIpc) is 3.25. The molecule has 1 aromatic carbocycles. The SMILES string of the molecule is CC(C)CCC[C@@H](C)[C@H]1CC[C@H]2[C@@H]3CC=C4C[C@@H](OC(=O)OCc5ccccc5)CC[C@]4(C)[C@H]3CC[C@]12C. The van der Waals surface area contributed by atoms with Crippen molar-refractivity contribution in [3.63, 3.8) is 0 Å². The summed E-state index contributed by atoms with van der Waals surface area (Å²) >= 11 is 0. The number of carbonyl (C=O) groups excluding carboxylic acids is 1. The van der Waals surface area contributed by atoms with Gasteiger partial charge in [0, 0.05) is 6.42 Å². The molecule has 4 aliphatic carbocycles. The Kier molecular flexibility index (Phi) is 8.32. The summed E-state index contributed by atoms with van der Waals surface area (Å²) < 4.78 is 11.2. The zero-order valence-corrected chi connectivity index (χ0v) is 24.7. The van der Waals surface area contributed by atoms with Gasteiger partial charge in [-0.05, 0) is 96.8 Å². The summed E-state index contributed by atoms with van der Waals surface area (Å²) in [6.45, 7) is 12.8. The first-order valence-electron chi connectivity index (χ1n) is 15.8. The number of allylic oxidation sites excluding steroid dienone is 1. The molecule has 0 heterocycles. The molecule has 0 amide bonds. The average molecular weight is 521 g/mol. The van der Waals surface area contributed by atoms with Gasteiger partial charge in [0.1, 0.15) is 12.7 Å². The minimum atomic E-state index is -0.523. The second kappa shape index (κ2) is 11.4. The lowest BCUT2D eigenvalue weighted by atomic mass is 9.47. The molecule has 3 saturated carbocycles. The minimum Gasteiger partial charge on any atom is -0.431 e. The summed E-state index contributed by atoms with van der Waals surface area (Å²) in [6.07, 6.45) is 16.1. The van der Waals surface area contributed by atoms with Gasteiger partial charge in [-0.2, -0.15) is 0 Å². The van der Waals surface area contributed by atoms with Crippen LogP contribution in [0.25, 0.3) is 0 Å². The van der Waals surface area contributed by atoms with Crippen LogP contribution in [0.1, 0.15) is 111 Å². The van der Waals surface area contributed by atoms with Crippen molar-refractivity contribution in [2.24, 2.45) is 46.3 Å². The number of hydrogen-bond donors (Lipinski definition) is 0. The van der Waals surface area contributed by atoms with Gasteiger partial charge in [0.2, 0.25) is 0 Å². The van der Waals surface area contributed by atoms with Crippen molar-refractivity contribution in [3.8, 4) is 0 Å². The highest BCUT2D eigenvalue weighted by Crippen LogP contribution is 2.67. The fourth-order valence-electron chi connectivity index (χ4n) is 9.64. The largest absolute Gasteiger partial charge is 0.508 e. The van der Waals surface area contributed by atoms with E-state index < -0.39 is 6.16 Å². The molecular formula is C35H52O3. The molecule has 38 heavy (non-hydrogen) atoms. The summed E-state index contributed by atoms with van der Waals surface area (Å²) in [5.74, 6) is 5.11. The van der Waals surface area contributed by atoms with Crippen LogP contribution in [0.3, 0.4) is 0 Å². The van der Waals surface area contributed by atoms with Crippen molar-refractivity contribution < 1.29 is 14.3 Å². The van der Waals surface area contributed by atoms with Crippen molar-refractivity contribution in [1.29, 1.82) is 0 Å². The van der Waals surface area contributed by atoms with E-state index in [1.54, 1.807) is 5.57 Å². The van der Waals surface area contributed by atoms with Gasteiger partial charge in [-0.3, -0.25) is 0 Å². The van der Waals surface area contributed by atoms with Gasteiger partial charge in [-0.25, -0.2) is 4.79 Å². The van der Waals surface area contributed by atoms with Gasteiger partial charge in [-0.15, -0.1) is 0 Å². The smallest absolute Gasteiger partial charge is 0.431 e. The predicted octanol–water partition coefficient (Wildman–Crippen LogP) is 9.75. The van der Waals surface area contributed by atoms with E-state index in [0.29, 0.717) is 5.41 Å². The molecule has 0 bridgehead atoms. The minimum absolute atomic E-state index is 0.0504. The molecule has 210 valence electrons. The standard InChI is InChI=1S/C35H52O3/c1-24(2)10-9-11-25(3)30-16-17-31-29-15-14-27-22-28(38-33(36)37-23-26-12-7-6-8-13-26)18-20-34(27,4)32(29)19-21-35(30,31)5/h6-8,12-14,24-25,28-32H,9-11,15-23H2,1-5H3/t25-,28+,29+,30-,31+,32+,34+,35-/m1/s1. The molecule has 3 heteroatoms. The molecule has 0 unspecified atom stereocenters. The molecule has 8 atom stereocenters. The van der Waals surface area contributed by atoms with E-state index in [1.165, 1.54) is 51.4 Å². The van der Waals surface area contributed by atoms with Crippen LogP contribution >= 0.6 is 0 Å². The Morgan fingerprint density at radius 2 is 1.76 bits per heavy atom. The molecule has 4 aliphatic rings. The normalized spacial score (nSPS) is 37.0. The fourth-order valence-corrected chi connectivity index (χ4v) is 9.64. The Hall–Kier alpha value is -1.77. The lowest BCUT2D eigenvalue weighted by Crippen LogP contribution is -2.51. The predicted molar refractivity (Wildman–Crippen MR) is 155 cm³/mol. The van der Waals surface area contributed by atoms with Crippen molar-refractivity contribution in [1.82, 2.24) is 0 Å². The fraction of sp³-hybridized carbons (Fsp3) is 0.743. The highest BCUT2D eigenvalue weighted by atomic mass is 16.7. The molecule has 3 fully saturated rings. The molecule has 3 nitrogen and oxygen atoms in total. The van der Waals surface area contributed by atoms with Crippen LogP contribution in [0.15, 0.2) is 42.0 Å². The molecule has 0 radical (unpaired) electrons. The van der Waals surface area contributed by atoms with Gasteiger partial charge >= 0.3 is 6.16 Å². The monoisotopic (exact) mass is 520 g/mol. The molecule has 1 aromatic rings. The molecule has 5 rings (SSSR count). The Morgan fingerprint density at radius 1 is 0.974 bits per heavy atom. The first kappa shape index (κ1) is 27.8. The van der Waals surface area contributed by atoms with E-state index in [-0.39, 0.29) is 18.1 Å². The lowest BCUT2D eigenvalue weighted by molar-refractivity contribution is -0.0620. The van der Waals surface area contributed by atoms with E-state index in [2.05, 4.69) is 40.7 Å². The van der Waals surface area contributed by atoms with Gasteiger partial charge in [-0.1, -0.05) is 95.9 Å². The summed E-state index contributed by atoms with van der Waals surface area (Å²) in [5.41, 5.74) is 3.36. The van der Waals surface area contributed by atoms with Crippen molar-refractivity contribution in [2.75, 3.05) is 0 Å². The second-order valence-electron chi connectivity index (χ2n) is 14.3. The van der Waals surface area contributed by atoms with Crippen LogP contribution < -0.4 is 0 Å². The van der Waals surface area contributed by atoms with Gasteiger partial charge < -0.3 is 9.47 Å². The number of ether oxygens (including phenoxy) is 2. The number of hydrogen-bond acceptors (Lipinski definition) is 3. The Bertz CT molecular complexity index is 982. The van der Waals surface area contributed by atoms with E-state index >= 15 is 0 Å². The third kappa shape index (κ3) is 5.46. The first-order chi connectivity index (χ1) is 18.2. The summed E-state index contributed by atoms with van der Waals surface area (Å²) in [6, 6.07) is 9.83. The zero-order valence-electron chi connectivity index (χ0n) is 24.7. The van der Waals surface area contributed by atoms with Gasteiger partial charge in [0.25, 0.3) is 0 Å². The van der Waals surface area contributed by atoms with Crippen molar-refractivity contribution >= 4 is 6.16 Å². The summed E-state index contributed by atoms with van der Waals surface area (Å²) in [7, 11) is 0. The lowest BCUT2D eigenvalue weighted by Gasteiger charge is -2.58. The van der Waals surface area contributed by atoms with Crippen LogP contribution in [0, 0.1) is 46.3 Å². The highest BCUT2D eigenvalue weighted by molar-refractivity contribution is 5.60. The van der Waals surface area contributed by atoms with Crippen LogP contribution in [0.5, 0.6) is 0 Å². The van der Waals surface area contributed by atoms with Crippen LogP contribution in [-0.2, 0) is 16.1 Å². The van der Waals surface area contributed by atoms with E-state index in [1.807, 2.05) is 30.3 Å². The van der Waals surface area contributed by atoms with Gasteiger partial charge in [0.15, 0.2) is 0 Å². The Balaban J connectivity index is 1.19. The van der Waals surface area contributed by atoms with E-state index in [9.17, 15) is 4.79 Å². The second-order valence-corrected chi connectivity index (χ2v) is 14.3. The highest BCUT2D eigenvalue weighted by Gasteiger charge is 2.59. The van der Waals surface area contributed by atoms with Crippen molar-refractivity contribution in [2.45, 2.75) is 118 Å². The van der Waals surface area contributed by atoms with Gasteiger partial charge in [0.05, 0.1) is 0 Å². The maximum absolute atomic E-state index is 12.4.